The Hall–Kier alpha value is -0.790. The lowest BCUT2D eigenvalue weighted by atomic mass is 10.1. The number of benzene rings is 1. The van der Waals surface area contributed by atoms with Gasteiger partial charge in [-0.3, -0.25) is 0 Å². The fraction of sp³-hybridized carbons (Fsp3) is 0.385. The van der Waals surface area contributed by atoms with Crippen molar-refractivity contribution in [3.05, 3.63) is 47.0 Å². The van der Waals surface area contributed by atoms with E-state index in [-0.39, 0.29) is 0 Å². The molecule has 0 radical (unpaired) electrons. The van der Waals surface area contributed by atoms with Crippen LogP contribution < -0.4 is 5.32 Å². The summed E-state index contributed by atoms with van der Waals surface area (Å²) < 4.78 is 0. The molecule has 1 aromatic rings. The van der Waals surface area contributed by atoms with E-state index < -0.39 is 0 Å². The summed E-state index contributed by atoms with van der Waals surface area (Å²) in [7, 11) is 0. The SMILES string of the molecule is C=C(C)CCN[C@@H](C)c1cccc(Cl)c1. The third-order valence-corrected chi connectivity index (χ3v) is 2.59. The number of halogens is 1. The summed E-state index contributed by atoms with van der Waals surface area (Å²) in [5.74, 6) is 0. The maximum Gasteiger partial charge on any atom is 0.0409 e. The van der Waals surface area contributed by atoms with Crippen LogP contribution in [-0.4, -0.2) is 6.54 Å². The lowest BCUT2D eigenvalue weighted by molar-refractivity contribution is 0.576. The average molecular weight is 224 g/mol. The zero-order valence-corrected chi connectivity index (χ0v) is 10.1. The Kier molecular flexibility index (Phi) is 4.86. The molecule has 1 rings (SSSR count). The molecule has 0 saturated carbocycles. The largest absolute Gasteiger partial charge is 0.310 e. The molecule has 0 amide bonds. The molecule has 1 atom stereocenters. The molecule has 2 heteroatoms. The van der Waals surface area contributed by atoms with Crippen LogP contribution in [-0.2, 0) is 0 Å². The summed E-state index contributed by atoms with van der Waals surface area (Å²) in [5, 5.41) is 4.23. The molecule has 0 saturated heterocycles. The van der Waals surface area contributed by atoms with Crippen LogP contribution in [0, 0.1) is 0 Å². The van der Waals surface area contributed by atoms with Crippen LogP contribution in [0.3, 0.4) is 0 Å². The molecule has 82 valence electrons. The maximum absolute atomic E-state index is 5.93. The van der Waals surface area contributed by atoms with Gasteiger partial charge in [0.25, 0.3) is 0 Å². The van der Waals surface area contributed by atoms with E-state index in [2.05, 4.69) is 24.9 Å². The molecular formula is C13H18ClN. The number of nitrogens with one attached hydrogen (secondary N) is 1. The van der Waals surface area contributed by atoms with Gasteiger partial charge >= 0.3 is 0 Å². The monoisotopic (exact) mass is 223 g/mol. The fourth-order valence-electron chi connectivity index (χ4n) is 1.40. The van der Waals surface area contributed by atoms with Crippen molar-refractivity contribution in [2.45, 2.75) is 26.3 Å². The van der Waals surface area contributed by atoms with Crippen molar-refractivity contribution < 1.29 is 0 Å². The van der Waals surface area contributed by atoms with Crippen molar-refractivity contribution in [2.75, 3.05) is 6.54 Å². The maximum atomic E-state index is 5.93. The molecule has 0 spiro atoms. The van der Waals surface area contributed by atoms with Crippen molar-refractivity contribution in [3.63, 3.8) is 0 Å². The first kappa shape index (κ1) is 12.3. The topological polar surface area (TPSA) is 12.0 Å². The second kappa shape index (κ2) is 5.94. The Morgan fingerprint density at radius 1 is 1.53 bits per heavy atom. The van der Waals surface area contributed by atoms with Gasteiger partial charge < -0.3 is 5.32 Å². The molecule has 1 N–H and O–H groups in total. The molecule has 0 heterocycles. The van der Waals surface area contributed by atoms with Gasteiger partial charge in [0, 0.05) is 11.1 Å². The van der Waals surface area contributed by atoms with E-state index in [1.54, 1.807) is 0 Å². The molecule has 0 aliphatic rings. The molecule has 0 aliphatic heterocycles. The number of hydrogen-bond acceptors (Lipinski definition) is 1. The molecule has 0 bridgehead atoms. The third kappa shape index (κ3) is 4.50. The van der Waals surface area contributed by atoms with Crippen molar-refractivity contribution in [3.8, 4) is 0 Å². The highest BCUT2D eigenvalue weighted by molar-refractivity contribution is 6.30. The first-order chi connectivity index (χ1) is 7.09. The van der Waals surface area contributed by atoms with E-state index in [0.717, 1.165) is 18.0 Å². The standard InChI is InChI=1S/C13H18ClN/c1-10(2)7-8-15-11(3)12-5-4-6-13(14)9-12/h4-6,9,11,15H,1,7-8H2,2-3H3/t11-/m0/s1. The van der Waals surface area contributed by atoms with Crippen molar-refractivity contribution >= 4 is 11.6 Å². The molecule has 15 heavy (non-hydrogen) atoms. The first-order valence-corrected chi connectivity index (χ1v) is 5.60. The van der Waals surface area contributed by atoms with Gasteiger partial charge in [0.05, 0.1) is 0 Å². The minimum Gasteiger partial charge on any atom is -0.310 e. The summed E-state index contributed by atoms with van der Waals surface area (Å²) in [6, 6.07) is 8.30. The van der Waals surface area contributed by atoms with E-state index >= 15 is 0 Å². The van der Waals surface area contributed by atoms with E-state index in [1.807, 2.05) is 25.1 Å². The molecule has 1 aromatic carbocycles. The molecular weight excluding hydrogens is 206 g/mol. The highest BCUT2D eigenvalue weighted by Gasteiger charge is 2.04. The summed E-state index contributed by atoms with van der Waals surface area (Å²) in [4.78, 5) is 0. The average Bonchev–Trinajstić information content (AvgIpc) is 2.17. The quantitative estimate of drug-likeness (QED) is 0.746. The van der Waals surface area contributed by atoms with E-state index in [9.17, 15) is 0 Å². The van der Waals surface area contributed by atoms with Gasteiger partial charge in [0.2, 0.25) is 0 Å². The fourth-order valence-corrected chi connectivity index (χ4v) is 1.59. The minimum absolute atomic E-state index is 0.336. The van der Waals surface area contributed by atoms with Crippen LogP contribution in [0.4, 0.5) is 0 Å². The third-order valence-electron chi connectivity index (χ3n) is 2.35. The van der Waals surface area contributed by atoms with Crippen LogP contribution in [0.5, 0.6) is 0 Å². The van der Waals surface area contributed by atoms with Crippen molar-refractivity contribution in [2.24, 2.45) is 0 Å². The van der Waals surface area contributed by atoms with E-state index in [1.165, 1.54) is 11.1 Å². The first-order valence-electron chi connectivity index (χ1n) is 5.23. The molecule has 0 unspecified atom stereocenters. The van der Waals surface area contributed by atoms with Crippen LogP contribution in [0.2, 0.25) is 5.02 Å². The summed E-state index contributed by atoms with van der Waals surface area (Å²) in [6.45, 7) is 9.03. The highest BCUT2D eigenvalue weighted by Crippen LogP contribution is 2.17. The van der Waals surface area contributed by atoms with E-state index in [4.69, 9.17) is 11.6 Å². The Bertz CT molecular complexity index is 333. The second-order valence-electron chi connectivity index (χ2n) is 3.94. The van der Waals surface area contributed by atoms with Crippen LogP contribution in [0.1, 0.15) is 31.9 Å². The lowest BCUT2D eigenvalue weighted by Gasteiger charge is -2.14. The number of rotatable bonds is 5. The Morgan fingerprint density at radius 2 is 2.27 bits per heavy atom. The van der Waals surface area contributed by atoms with Gasteiger partial charge in [-0.05, 0) is 44.5 Å². The lowest BCUT2D eigenvalue weighted by Crippen LogP contribution is -2.19. The summed E-state index contributed by atoms with van der Waals surface area (Å²) >= 11 is 5.93. The van der Waals surface area contributed by atoms with Gasteiger partial charge in [0.1, 0.15) is 0 Å². The molecule has 0 aliphatic carbocycles. The van der Waals surface area contributed by atoms with Gasteiger partial charge in [-0.15, -0.1) is 6.58 Å². The van der Waals surface area contributed by atoms with Crippen molar-refractivity contribution in [1.82, 2.24) is 5.32 Å². The predicted molar refractivity (Wildman–Crippen MR) is 67.3 cm³/mol. The molecule has 0 aromatic heterocycles. The van der Waals surface area contributed by atoms with E-state index in [0.29, 0.717) is 6.04 Å². The zero-order chi connectivity index (χ0) is 11.3. The summed E-state index contributed by atoms with van der Waals surface area (Å²) in [5.41, 5.74) is 2.44. The number of hydrogen-bond donors (Lipinski definition) is 1. The Balaban J connectivity index is 2.46. The minimum atomic E-state index is 0.336. The van der Waals surface area contributed by atoms with Gasteiger partial charge in [-0.2, -0.15) is 0 Å². The molecule has 1 nitrogen and oxygen atoms in total. The summed E-state index contributed by atoms with van der Waals surface area (Å²) in [6.07, 6.45) is 1.02. The zero-order valence-electron chi connectivity index (χ0n) is 9.39. The normalized spacial score (nSPS) is 12.5. The van der Waals surface area contributed by atoms with Crippen LogP contribution in [0.15, 0.2) is 36.4 Å². The highest BCUT2D eigenvalue weighted by atomic mass is 35.5. The van der Waals surface area contributed by atoms with Crippen LogP contribution >= 0.6 is 11.6 Å². The Morgan fingerprint density at radius 3 is 2.87 bits per heavy atom. The smallest absolute Gasteiger partial charge is 0.0409 e. The van der Waals surface area contributed by atoms with Gasteiger partial charge in [0.15, 0.2) is 0 Å². The van der Waals surface area contributed by atoms with Gasteiger partial charge in [-0.1, -0.05) is 29.3 Å². The van der Waals surface area contributed by atoms with Crippen molar-refractivity contribution in [1.29, 1.82) is 0 Å². The molecule has 0 fully saturated rings. The predicted octanol–water partition coefficient (Wildman–Crippen LogP) is 3.96. The van der Waals surface area contributed by atoms with Gasteiger partial charge in [-0.25, -0.2) is 0 Å². The second-order valence-corrected chi connectivity index (χ2v) is 4.37. The van der Waals surface area contributed by atoms with Crippen LogP contribution in [0.25, 0.3) is 0 Å². The Labute approximate surface area is 97.1 Å².